The van der Waals surface area contributed by atoms with Gasteiger partial charge in [-0.05, 0) is 108 Å². The van der Waals surface area contributed by atoms with Gasteiger partial charge < -0.3 is 57.9 Å². The largest absolute Gasteiger partial charge is 1.00 e. The van der Waals surface area contributed by atoms with E-state index in [0.717, 1.165) is 13.4 Å². The summed E-state index contributed by atoms with van der Waals surface area (Å²) in [7, 11) is 0. The van der Waals surface area contributed by atoms with E-state index >= 15 is 0 Å². The Morgan fingerprint density at radius 3 is 0.754 bits per heavy atom. The summed E-state index contributed by atoms with van der Waals surface area (Å²) in [6.45, 7) is 0. The van der Waals surface area contributed by atoms with Gasteiger partial charge in [0, 0.05) is 101 Å². The number of nitrogen functional groups attached to an aromatic ring is 3. The molecule has 0 saturated heterocycles. The van der Waals surface area contributed by atoms with E-state index < -0.39 is 17.9 Å². The molecule has 0 unspecified atom stereocenters. The molecule has 65 heavy (non-hydrogen) atoms. The van der Waals surface area contributed by atoms with Crippen molar-refractivity contribution in [3.8, 4) is 0 Å². The van der Waals surface area contributed by atoms with Gasteiger partial charge in [0.25, 0.3) is 0 Å². The number of carboxylic acids is 3. The van der Waals surface area contributed by atoms with Crippen molar-refractivity contribution in [1.82, 2.24) is 0 Å². The molecular formula is C45H37Br3N3Na3O11. The standard InChI is InChI=1S/3C15H12BrNO3.3Na.2H2O/c3*16-11-6-4-9(5-7-11)15(20)12-3-1-2-10(14(12)17)8-13(18)19;;;;;/h3*1-7H,8,17H2,(H,18,19);;;;2*1H2/q;;;3*+1;;/p-3. The zero-order valence-electron chi connectivity index (χ0n) is 35.3. The molecule has 20 heteroatoms. The van der Waals surface area contributed by atoms with Gasteiger partial charge in [0.2, 0.25) is 0 Å². The van der Waals surface area contributed by atoms with Crippen LogP contribution < -0.4 is 121 Å². The molecular weight excluding hydrogens is 1070 g/mol. The maximum atomic E-state index is 12.4. The molecule has 6 aromatic carbocycles. The number of para-hydroxylation sites is 3. The molecule has 10 N–H and O–H groups in total. The van der Waals surface area contributed by atoms with Crippen LogP contribution >= 0.6 is 47.8 Å². The zero-order chi connectivity index (χ0) is 44.1. The number of carbonyl (C=O) groups excluding carboxylic acids is 6. The Labute approximate surface area is 465 Å². The summed E-state index contributed by atoms with van der Waals surface area (Å²) in [5.41, 5.74) is 21.7. The van der Waals surface area contributed by atoms with Crippen LogP contribution in [0.25, 0.3) is 0 Å². The van der Waals surface area contributed by atoms with Gasteiger partial charge in [0.05, 0.1) is 0 Å². The smallest absolute Gasteiger partial charge is 0.550 e. The van der Waals surface area contributed by atoms with Crippen molar-refractivity contribution < 1.29 is 144 Å². The molecule has 0 radical (unpaired) electrons. The van der Waals surface area contributed by atoms with Crippen molar-refractivity contribution in [2.45, 2.75) is 19.3 Å². The number of anilines is 3. The first-order valence-corrected chi connectivity index (χ1v) is 20.0. The van der Waals surface area contributed by atoms with Gasteiger partial charge in [-0.3, -0.25) is 14.4 Å². The predicted molar refractivity (Wildman–Crippen MR) is 239 cm³/mol. The van der Waals surface area contributed by atoms with Crippen LogP contribution in [0.2, 0.25) is 0 Å². The van der Waals surface area contributed by atoms with E-state index in [1.165, 1.54) is 0 Å². The number of hydrogen-bond acceptors (Lipinski definition) is 12. The van der Waals surface area contributed by atoms with Crippen LogP contribution in [0.3, 0.4) is 0 Å². The summed E-state index contributed by atoms with van der Waals surface area (Å²) in [4.78, 5) is 69.0. The molecule has 6 rings (SSSR count). The Morgan fingerprint density at radius 2 is 0.569 bits per heavy atom. The van der Waals surface area contributed by atoms with Crippen LogP contribution in [0.4, 0.5) is 17.1 Å². The third kappa shape index (κ3) is 19.0. The van der Waals surface area contributed by atoms with Crippen molar-refractivity contribution in [3.05, 3.63) is 191 Å². The summed E-state index contributed by atoms with van der Waals surface area (Å²) in [5.74, 6) is -4.42. The van der Waals surface area contributed by atoms with Crippen molar-refractivity contribution in [1.29, 1.82) is 0 Å². The number of nitrogens with two attached hydrogens (primary N) is 3. The van der Waals surface area contributed by atoms with Crippen molar-refractivity contribution in [2.24, 2.45) is 0 Å². The topological polar surface area (TPSA) is 313 Å². The molecule has 0 heterocycles. The molecule has 0 amide bonds. The third-order valence-corrected chi connectivity index (χ3v) is 10.2. The molecule has 6 aromatic rings. The Bertz CT molecular complexity index is 2300. The van der Waals surface area contributed by atoms with Crippen LogP contribution in [0.1, 0.15) is 64.5 Å². The number of rotatable bonds is 12. The molecule has 322 valence electrons. The maximum Gasteiger partial charge on any atom is 1.00 e. The van der Waals surface area contributed by atoms with E-state index in [1.807, 2.05) is 0 Å². The van der Waals surface area contributed by atoms with Gasteiger partial charge in [0.1, 0.15) is 0 Å². The van der Waals surface area contributed by atoms with Gasteiger partial charge in [0.15, 0.2) is 17.3 Å². The van der Waals surface area contributed by atoms with E-state index in [-0.39, 0.29) is 153 Å². The van der Waals surface area contributed by atoms with Crippen LogP contribution in [-0.2, 0) is 33.6 Å². The molecule has 0 atom stereocenters. The van der Waals surface area contributed by atoms with Crippen LogP contribution in [-0.4, -0.2) is 46.2 Å². The SMILES string of the molecule is Nc1c(CC(=O)[O-])cccc1C(=O)c1ccc(Br)cc1.Nc1c(CC(=O)[O-])cccc1C(=O)c1ccc(Br)cc1.Nc1c(CC(=O)[O-])cccc1C(=O)c1ccc(Br)cc1.O.O.[Na+].[Na+].[Na+]. The Kier molecular flexibility index (Phi) is 30.1. The minimum Gasteiger partial charge on any atom is -0.550 e. The van der Waals surface area contributed by atoms with Gasteiger partial charge >= 0.3 is 88.7 Å². The first-order chi connectivity index (χ1) is 28.5. The maximum absolute atomic E-state index is 12.4. The number of aliphatic carboxylic acids is 3. The average molecular weight is 1100 g/mol. The summed E-state index contributed by atoms with van der Waals surface area (Å²) >= 11 is 9.89. The summed E-state index contributed by atoms with van der Waals surface area (Å²) < 4.78 is 2.60. The van der Waals surface area contributed by atoms with E-state index in [9.17, 15) is 44.1 Å². The monoisotopic (exact) mass is 1100 g/mol. The molecule has 0 saturated carbocycles. The number of carboxylic acid groups (broad SMARTS) is 3. The molecule has 0 aromatic heterocycles. The zero-order valence-corrected chi connectivity index (χ0v) is 46.0. The summed E-state index contributed by atoms with van der Waals surface area (Å²) in [6.07, 6.45) is -0.937. The minimum atomic E-state index is -1.23. The van der Waals surface area contributed by atoms with Crippen LogP contribution in [0.15, 0.2) is 141 Å². The number of benzene rings is 6. The fourth-order valence-corrected chi connectivity index (χ4v) is 6.43. The number of hydrogen-bond donors (Lipinski definition) is 3. The Balaban J connectivity index is 0. The molecule has 0 aliphatic carbocycles. The summed E-state index contributed by atoms with van der Waals surface area (Å²) in [5, 5.41) is 32.0. The number of ketones is 3. The molecule has 0 bridgehead atoms. The van der Waals surface area contributed by atoms with Crippen molar-refractivity contribution in [2.75, 3.05) is 17.2 Å². The predicted octanol–water partition coefficient (Wildman–Crippen LogP) is -5.97. The minimum absolute atomic E-state index is 0. The fraction of sp³-hybridized carbons (Fsp3) is 0.0667. The van der Waals surface area contributed by atoms with E-state index in [2.05, 4.69) is 47.8 Å². The van der Waals surface area contributed by atoms with Gasteiger partial charge in [-0.1, -0.05) is 84.2 Å². The first kappa shape index (κ1) is 63.6. The Hall–Kier alpha value is -3.50. The van der Waals surface area contributed by atoms with Crippen LogP contribution in [0, 0.1) is 0 Å². The van der Waals surface area contributed by atoms with Gasteiger partial charge in [-0.2, -0.15) is 0 Å². The second kappa shape index (κ2) is 30.7. The molecule has 0 spiro atoms. The fourth-order valence-electron chi connectivity index (χ4n) is 5.63. The van der Waals surface area contributed by atoms with Crippen molar-refractivity contribution in [3.63, 3.8) is 0 Å². The van der Waals surface area contributed by atoms with E-state index in [4.69, 9.17) is 17.2 Å². The average Bonchev–Trinajstić information content (AvgIpc) is 3.20. The van der Waals surface area contributed by atoms with Crippen LogP contribution in [0.5, 0.6) is 0 Å². The second-order valence-corrected chi connectivity index (χ2v) is 15.5. The normalized spacial score (nSPS) is 9.46. The third-order valence-electron chi connectivity index (χ3n) is 8.65. The van der Waals surface area contributed by atoms with E-state index in [1.54, 1.807) is 127 Å². The molecule has 0 aliphatic rings. The number of halogens is 3. The van der Waals surface area contributed by atoms with Gasteiger partial charge in [-0.25, -0.2) is 0 Å². The molecule has 14 nitrogen and oxygen atoms in total. The van der Waals surface area contributed by atoms with Gasteiger partial charge in [-0.15, -0.1) is 0 Å². The quantitative estimate of drug-likeness (QED) is 0.0587. The van der Waals surface area contributed by atoms with E-state index in [0.29, 0.717) is 50.1 Å². The Morgan fingerprint density at radius 1 is 0.369 bits per heavy atom. The molecule has 0 fully saturated rings. The van der Waals surface area contributed by atoms with Crippen molar-refractivity contribution >= 4 is 100 Å². The number of carbonyl (C=O) groups is 6. The molecule has 0 aliphatic heterocycles. The first-order valence-electron chi connectivity index (χ1n) is 17.6. The summed E-state index contributed by atoms with van der Waals surface area (Å²) in [6, 6.07) is 34.9. The second-order valence-electron chi connectivity index (χ2n) is 12.8.